The van der Waals surface area contributed by atoms with Crippen molar-refractivity contribution in [2.24, 2.45) is 0 Å². The molecule has 0 bridgehead atoms. The van der Waals surface area contributed by atoms with Crippen molar-refractivity contribution in [2.45, 2.75) is 0 Å². The van der Waals surface area contributed by atoms with Crippen LogP contribution >= 0.6 is 22.9 Å². The van der Waals surface area contributed by atoms with Gasteiger partial charge < -0.3 is 5.73 Å². The molecule has 2 N–H and O–H groups in total. The van der Waals surface area contributed by atoms with Gasteiger partial charge >= 0.3 is 0 Å². The van der Waals surface area contributed by atoms with Gasteiger partial charge in [0.15, 0.2) is 0 Å². The van der Waals surface area contributed by atoms with E-state index in [1.807, 2.05) is 48.0 Å². The Morgan fingerprint density at radius 2 is 1.94 bits per heavy atom. The van der Waals surface area contributed by atoms with Crippen molar-refractivity contribution < 1.29 is 0 Å². The fourth-order valence-corrected chi connectivity index (χ4v) is 2.58. The van der Waals surface area contributed by atoms with Crippen molar-refractivity contribution in [3.05, 3.63) is 53.0 Å². The highest BCUT2D eigenvalue weighted by atomic mass is 35.5. The van der Waals surface area contributed by atoms with E-state index in [-0.39, 0.29) is 0 Å². The van der Waals surface area contributed by atoms with Gasteiger partial charge in [0, 0.05) is 5.02 Å². The van der Waals surface area contributed by atoms with Crippen LogP contribution in [0.2, 0.25) is 5.02 Å². The van der Waals surface area contributed by atoms with E-state index in [1.165, 1.54) is 0 Å². The van der Waals surface area contributed by atoms with Crippen molar-refractivity contribution in [3.63, 3.8) is 0 Å². The largest absolute Gasteiger partial charge is 0.396 e. The fraction of sp³-hybridized carbons (Fsp3) is 0. The van der Waals surface area contributed by atoms with Crippen molar-refractivity contribution in [2.75, 3.05) is 5.73 Å². The molecule has 0 aliphatic heterocycles. The van der Waals surface area contributed by atoms with Gasteiger partial charge in [0.25, 0.3) is 0 Å². The quantitative estimate of drug-likeness (QED) is 0.772. The van der Waals surface area contributed by atoms with Crippen molar-refractivity contribution in [1.29, 1.82) is 0 Å². The van der Waals surface area contributed by atoms with Gasteiger partial charge in [-0.1, -0.05) is 17.7 Å². The fourth-order valence-electron chi connectivity index (χ4n) is 1.72. The van der Waals surface area contributed by atoms with E-state index in [9.17, 15) is 0 Å². The molecule has 0 amide bonds. The molecule has 0 saturated carbocycles. The average molecular weight is 276 g/mol. The molecule has 2 heterocycles. The minimum absolute atomic E-state index is 0.674. The van der Waals surface area contributed by atoms with E-state index in [0.29, 0.717) is 10.7 Å². The van der Waals surface area contributed by atoms with Crippen LogP contribution in [0, 0.1) is 0 Å². The topological polar surface area (TPSA) is 43.8 Å². The summed E-state index contributed by atoms with van der Waals surface area (Å²) in [4.78, 5) is 1.07. The Morgan fingerprint density at radius 3 is 2.61 bits per heavy atom. The highest BCUT2D eigenvalue weighted by molar-refractivity contribution is 7.13. The molecule has 2 aromatic heterocycles. The lowest BCUT2D eigenvalue weighted by Gasteiger charge is -2.00. The molecular formula is C13H10ClN3S. The van der Waals surface area contributed by atoms with Crippen LogP contribution in [0.5, 0.6) is 0 Å². The first-order valence-electron chi connectivity index (χ1n) is 5.39. The molecule has 0 aliphatic rings. The maximum absolute atomic E-state index is 6.00. The van der Waals surface area contributed by atoms with Crippen LogP contribution < -0.4 is 5.73 Å². The lowest BCUT2D eigenvalue weighted by Crippen LogP contribution is -1.93. The summed E-state index contributed by atoms with van der Waals surface area (Å²) in [6, 6.07) is 11.5. The second-order valence-electron chi connectivity index (χ2n) is 3.83. The molecule has 0 unspecified atom stereocenters. The van der Waals surface area contributed by atoms with Crippen LogP contribution in [-0.4, -0.2) is 9.78 Å². The van der Waals surface area contributed by atoms with Gasteiger partial charge in [-0.25, -0.2) is 4.68 Å². The zero-order valence-electron chi connectivity index (χ0n) is 9.38. The molecule has 0 fully saturated rings. The van der Waals surface area contributed by atoms with E-state index in [4.69, 9.17) is 17.3 Å². The number of anilines is 1. The van der Waals surface area contributed by atoms with Crippen molar-refractivity contribution in [1.82, 2.24) is 9.78 Å². The number of nitrogens with two attached hydrogens (primary N) is 1. The summed E-state index contributed by atoms with van der Waals surface area (Å²) in [7, 11) is 0. The highest BCUT2D eigenvalue weighted by Gasteiger charge is 2.10. The number of nitrogen functional groups attached to an aromatic ring is 1. The van der Waals surface area contributed by atoms with Crippen LogP contribution in [0.3, 0.4) is 0 Å². The Bertz CT molecular complexity index is 656. The number of rotatable bonds is 2. The zero-order chi connectivity index (χ0) is 12.5. The van der Waals surface area contributed by atoms with Crippen LogP contribution in [0.15, 0.2) is 48.0 Å². The van der Waals surface area contributed by atoms with Crippen LogP contribution in [-0.2, 0) is 0 Å². The van der Waals surface area contributed by atoms with Crippen LogP contribution in [0.4, 0.5) is 5.69 Å². The summed E-state index contributed by atoms with van der Waals surface area (Å²) in [5.41, 5.74) is 8.43. The molecule has 5 heteroatoms. The lowest BCUT2D eigenvalue weighted by molar-refractivity contribution is 0.885. The molecule has 1 aromatic carbocycles. The normalized spacial score (nSPS) is 10.7. The van der Waals surface area contributed by atoms with E-state index in [2.05, 4.69) is 5.10 Å². The average Bonchev–Trinajstić information content (AvgIpc) is 2.99. The predicted molar refractivity (Wildman–Crippen MR) is 76.3 cm³/mol. The van der Waals surface area contributed by atoms with Gasteiger partial charge in [-0.2, -0.15) is 5.10 Å². The molecule has 3 rings (SSSR count). The Balaban J connectivity index is 2.05. The molecule has 0 spiro atoms. The first-order chi connectivity index (χ1) is 8.74. The van der Waals surface area contributed by atoms with Crippen molar-refractivity contribution in [3.8, 4) is 16.3 Å². The van der Waals surface area contributed by atoms with Crippen molar-refractivity contribution >= 4 is 28.6 Å². The van der Waals surface area contributed by atoms with Crippen LogP contribution in [0.25, 0.3) is 16.3 Å². The molecule has 90 valence electrons. The van der Waals surface area contributed by atoms with E-state index in [0.717, 1.165) is 16.3 Å². The summed E-state index contributed by atoms with van der Waals surface area (Å²) >= 11 is 7.49. The maximum atomic E-state index is 6.00. The number of hydrogen-bond acceptors (Lipinski definition) is 3. The van der Waals surface area contributed by atoms with E-state index in [1.54, 1.807) is 16.0 Å². The zero-order valence-corrected chi connectivity index (χ0v) is 10.9. The number of halogens is 1. The summed E-state index contributed by atoms with van der Waals surface area (Å²) in [5, 5.41) is 7.23. The summed E-state index contributed by atoms with van der Waals surface area (Å²) < 4.78 is 1.76. The minimum atomic E-state index is 0.674. The van der Waals surface area contributed by atoms with Gasteiger partial charge in [0.05, 0.1) is 22.4 Å². The molecule has 3 aromatic rings. The number of thiophene rings is 1. The number of nitrogens with zero attached hydrogens (tertiary/aromatic N) is 2. The molecule has 18 heavy (non-hydrogen) atoms. The second-order valence-corrected chi connectivity index (χ2v) is 5.22. The molecule has 0 radical (unpaired) electrons. The third-order valence-electron chi connectivity index (χ3n) is 2.59. The third kappa shape index (κ3) is 2.00. The maximum Gasteiger partial charge on any atom is 0.126 e. The Kier molecular flexibility index (Phi) is 2.81. The van der Waals surface area contributed by atoms with Gasteiger partial charge in [-0.05, 0) is 35.7 Å². The predicted octanol–water partition coefficient (Wildman–Crippen LogP) is 3.84. The lowest BCUT2D eigenvalue weighted by atomic mass is 10.3. The Hall–Kier alpha value is -1.78. The first-order valence-corrected chi connectivity index (χ1v) is 6.65. The van der Waals surface area contributed by atoms with Crippen LogP contribution in [0.1, 0.15) is 0 Å². The Labute approximate surface area is 113 Å². The standard InChI is InChI=1S/C13H10ClN3S/c14-9-3-5-10(6-4-9)17-8-11(15)13(16-17)12-2-1-7-18-12/h1-8H,15H2. The smallest absolute Gasteiger partial charge is 0.126 e. The van der Waals surface area contributed by atoms with Gasteiger partial charge in [-0.3, -0.25) is 0 Å². The molecular weight excluding hydrogens is 266 g/mol. The van der Waals surface area contributed by atoms with Gasteiger partial charge in [0.2, 0.25) is 0 Å². The summed E-state index contributed by atoms with van der Waals surface area (Å²) in [6.45, 7) is 0. The SMILES string of the molecule is Nc1cn(-c2ccc(Cl)cc2)nc1-c1cccs1. The van der Waals surface area contributed by atoms with Gasteiger partial charge in [-0.15, -0.1) is 11.3 Å². The monoisotopic (exact) mass is 275 g/mol. The van der Waals surface area contributed by atoms with E-state index >= 15 is 0 Å². The van der Waals surface area contributed by atoms with Gasteiger partial charge in [0.1, 0.15) is 5.69 Å². The Morgan fingerprint density at radius 1 is 1.17 bits per heavy atom. The highest BCUT2D eigenvalue weighted by Crippen LogP contribution is 2.29. The summed E-state index contributed by atoms with van der Waals surface area (Å²) in [6.07, 6.45) is 1.82. The molecule has 0 aliphatic carbocycles. The van der Waals surface area contributed by atoms with E-state index < -0.39 is 0 Å². The molecule has 0 atom stereocenters. The second kappa shape index (κ2) is 4.48. The number of benzene rings is 1. The summed E-state index contributed by atoms with van der Waals surface area (Å²) in [5.74, 6) is 0. The molecule has 0 saturated heterocycles. The number of aromatic nitrogens is 2. The molecule has 3 nitrogen and oxygen atoms in total. The number of hydrogen-bond donors (Lipinski definition) is 1. The first kappa shape index (κ1) is 11.3. The third-order valence-corrected chi connectivity index (χ3v) is 3.72. The minimum Gasteiger partial charge on any atom is -0.396 e.